The van der Waals surface area contributed by atoms with Crippen LogP contribution in [0.25, 0.3) is 0 Å². The molecule has 0 aromatic rings. The van der Waals surface area contributed by atoms with Gasteiger partial charge in [0.25, 0.3) is 0 Å². The summed E-state index contributed by atoms with van der Waals surface area (Å²) in [6.45, 7) is 19.9. The SMILES string of the molecule is CCCNC(=O)O[C@@H]1CC[C@@]2(C)C(CC[C@]3(C)C2CCC2C4[C@H](C(C)C)CC[C@]4(C(=O)O)CC[C@]23C)C1(C)C. The van der Waals surface area contributed by atoms with Gasteiger partial charge in [0.1, 0.15) is 6.10 Å². The number of carboxylic acids is 1. The summed E-state index contributed by atoms with van der Waals surface area (Å²) in [5.74, 6) is 2.55. The maximum atomic E-state index is 12.9. The molecule has 0 heterocycles. The first-order valence-corrected chi connectivity index (χ1v) is 16.4. The van der Waals surface area contributed by atoms with Crippen molar-refractivity contribution < 1.29 is 19.4 Å². The fraction of sp³-hybridized carbons (Fsp3) is 0.941. The molecule has 0 aliphatic heterocycles. The van der Waals surface area contributed by atoms with Crippen LogP contribution in [0.5, 0.6) is 0 Å². The lowest BCUT2D eigenvalue weighted by Gasteiger charge is -2.72. The maximum Gasteiger partial charge on any atom is 0.407 e. The van der Waals surface area contributed by atoms with Gasteiger partial charge >= 0.3 is 12.1 Å². The van der Waals surface area contributed by atoms with E-state index < -0.39 is 11.4 Å². The van der Waals surface area contributed by atoms with Crippen LogP contribution in [0.3, 0.4) is 0 Å². The zero-order chi connectivity index (χ0) is 28.6. The van der Waals surface area contributed by atoms with Crippen molar-refractivity contribution in [2.24, 2.45) is 62.6 Å². The number of fused-ring (bicyclic) bond motifs is 7. The van der Waals surface area contributed by atoms with Crippen molar-refractivity contribution >= 4 is 12.1 Å². The number of ether oxygens (including phenoxy) is 1. The molecule has 222 valence electrons. The number of alkyl carbamates (subject to hydrolysis) is 1. The Hall–Kier alpha value is -1.26. The zero-order valence-electron chi connectivity index (χ0n) is 26.2. The molecule has 5 nitrogen and oxygen atoms in total. The third-order valence-corrected chi connectivity index (χ3v) is 14.5. The second-order valence-electron chi connectivity index (χ2n) is 16.3. The van der Waals surface area contributed by atoms with Crippen molar-refractivity contribution in [1.82, 2.24) is 5.32 Å². The lowest BCUT2D eigenvalue weighted by atomic mass is 9.32. The second-order valence-corrected chi connectivity index (χ2v) is 16.3. The summed E-state index contributed by atoms with van der Waals surface area (Å²) < 4.78 is 6.08. The average Bonchev–Trinajstić information content (AvgIpc) is 3.26. The molecule has 0 spiro atoms. The van der Waals surface area contributed by atoms with Crippen LogP contribution in [0.15, 0.2) is 0 Å². The molecule has 10 atom stereocenters. The van der Waals surface area contributed by atoms with Gasteiger partial charge in [-0.1, -0.05) is 55.4 Å². The Labute approximate surface area is 238 Å². The number of hydrogen-bond donors (Lipinski definition) is 2. The van der Waals surface area contributed by atoms with Crippen LogP contribution in [-0.4, -0.2) is 29.8 Å². The Kier molecular flexibility index (Phi) is 7.23. The Morgan fingerprint density at radius 1 is 0.872 bits per heavy atom. The van der Waals surface area contributed by atoms with E-state index in [9.17, 15) is 14.7 Å². The van der Waals surface area contributed by atoms with Gasteiger partial charge < -0.3 is 15.2 Å². The molecule has 0 aromatic heterocycles. The van der Waals surface area contributed by atoms with Crippen LogP contribution < -0.4 is 5.32 Å². The van der Waals surface area contributed by atoms with Crippen molar-refractivity contribution in [2.45, 2.75) is 132 Å². The standard InChI is InChI=1S/C34H57NO4/c1-9-20-35-29(38)39-26-14-15-31(6)24(30(26,4)5)13-16-33(8)25(31)11-10-23-27-22(21(2)3)12-17-34(27,28(36)37)19-18-32(23,33)7/h21-27H,9-20H2,1-8H3,(H,35,38)(H,36,37)/t22-,23?,24?,25?,26+,27?,31-,32+,33+,34-/m0/s1. The first-order valence-electron chi connectivity index (χ1n) is 16.4. The normalized spacial score (nSPS) is 48.3. The number of rotatable bonds is 5. The van der Waals surface area contributed by atoms with E-state index in [-0.39, 0.29) is 33.9 Å². The molecular formula is C34H57NO4. The second kappa shape index (κ2) is 9.65. The molecule has 4 unspecified atom stereocenters. The summed E-state index contributed by atoms with van der Waals surface area (Å²) >= 11 is 0. The van der Waals surface area contributed by atoms with Gasteiger partial charge in [-0.15, -0.1) is 0 Å². The number of nitrogens with one attached hydrogen (secondary N) is 1. The van der Waals surface area contributed by atoms with E-state index >= 15 is 0 Å². The van der Waals surface area contributed by atoms with Gasteiger partial charge in [-0.05, 0) is 122 Å². The van der Waals surface area contributed by atoms with Crippen LogP contribution in [0.2, 0.25) is 0 Å². The molecule has 5 heteroatoms. The summed E-state index contributed by atoms with van der Waals surface area (Å²) in [4.78, 5) is 25.4. The zero-order valence-corrected chi connectivity index (χ0v) is 26.2. The predicted molar refractivity (Wildman–Crippen MR) is 155 cm³/mol. The predicted octanol–water partition coefficient (Wildman–Crippen LogP) is 8.31. The fourth-order valence-corrected chi connectivity index (χ4v) is 12.3. The largest absolute Gasteiger partial charge is 0.481 e. The third kappa shape index (κ3) is 3.97. The minimum absolute atomic E-state index is 0.0418. The molecule has 2 N–H and O–H groups in total. The van der Waals surface area contributed by atoms with E-state index in [1.165, 1.54) is 25.7 Å². The summed E-state index contributed by atoms with van der Waals surface area (Å²) in [5.41, 5.74) is 0.0629. The first kappa shape index (κ1) is 29.2. The van der Waals surface area contributed by atoms with Crippen LogP contribution in [-0.2, 0) is 9.53 Å². The minimum Gasteiger partial charge on any atom is -0.481 e. The molecule has 0 bridgehead atoms. The van der Waals surface area contributed by atoms with Gasteiger partial charge in [0.2, 0.25) is 0 Å². The maximum absolute atomic E-state index is 12.9. The molecule has 5 rings (SSSR count). The first-order chi connectivity index (χ1) is 18.2. The number of carbonyl (C=O) groups excluding carboxylic acids is 1. The van der Waals surface area contributed by atoms with Gasteiger partial charge in [0.15, 0.2) is 0 Å². The number of amides is 1. The molecule has 5 fully saturated rings. The number of hydrogen-bond acceptors (Lipinski definition) is 3. The Morgan fingerprint density at radius 3 is 2.23 bits per heavy atom. The quantitative estimate of drug-likeness (QED) is 0.366. The molecule has 0 radical (unpaired) electrons. The summed E-state index contributed by atoms with van der Waals surface area (Å²) in [6.07, 6.45) is 11.3. The molecule has 5 aliphatic rings. The fourth-order valence-electron chi connectivity index (χ4n) is 12.3. The molecule has 5 saturated carbocycles. The summed E-state index contributed by atoms with van der Waals surface area (Å²) in [5, 5.41) is 13.5. The van der Waals surface area contributed by atoms with E-state index in [1.807, 2.05) is 0 Å². The lowest BCUT2D eigenvalue weighted by Crippen LogP contribution is -2.67. The van der Waals surface area contributed by atoms with Gasteiger partial charge in [-0.25, -0.2) is 4.79 Å². The molecule has 39 heavy (non-hydrogen) atoms. The van der Waals surface area contributed by atoms with Crippen LogP contribution in [0.1, 0.15) is 126 Å². The van der Waals surface area contributed by atoms with Crippen molar-refractivity contribution in [3.63, 3.8) is 0 Å². The molecule has 1 amide bonds. The van der Waals surface area contributed by atoms with Gasteiger partial charge in [-0.2, -0.15) is 0 Å². The van der Waals surface area contributed by atoms with Crippen molar-refractivity contribution in [2.75, 3.05) is 6.54 Å². The third-order valence-electron chi connectivity index (χ3n) is 14.5. The van der Waals surface area contributed by atoms with E-state index in [4.69, 9.17) is 4.74 Å². The van der Waals surface area contributed by atoms with Gasteiger partial charge in [0.05, 0.1) is 5.41 Å². The lowest BCUT2D eigenvalue weighted by molar-refractivity contribution is -0.249. The Bertz CT molecular complexity index is 976. The molecule has 5 aliphatic carbocycles. The Balaban J connectivity index is 1.45. The number of carboxylic acid groups (broad SMARTS) is 1. The molecule has 0 saturated heterocycles. The highest BCUT2D eigenvalue weighted by molar-refractivity contribution is 5.76. The van der Waals surface area contributed by atoms with Crippen LogP contribution in [0, 0.1) is 62.6 Å². The smallest absolute Gasteiger partial charge is 0.407 e. The van der Waals surface area contributed by atoms with Crippen molar-refractivity contribution in [3.8, 4) is 0 Å². The van der Waals surface area contributed by atoms with E-state index in [0.29, 0.717) is 42.1 Å². The summed E-state index contributed by atoms with van der Waals surface area (Å²) in [6, 6.07) is 0. The Morgan fingerprint density at radius 2 is 1.59 bits per heavy atom. The van der Waals surface area contributed by atoms with E-state index in [1.54, 1.807) is 0 Å². The number of carbonyl (C=O) groups is 2. The molecule has 0 aromatic carbocycles. The molecular weight excluding hydrogens is 486 g/mol. The topological polar surface area (TPSA) is 75.6 Å². The van der Waals surface area contributed by atoms with E-state index in [2.05, 4.69) is 60.7 Å². The van der Waals surface area contributed by atoms with Crippen LogP contribution in [0.4, 0.5) is 4.79 Å². The minimum atomic E-state index is -0.510. The van der Waals surface area contributed by atoms with Crippen LogP contribution >= 0.6 is 0 Å². The highest BCUT2D eigenvalue weighted by Gasteiger charge is 2.72. The van der Waals surface area contributed by atoms with Gasteiger partial charge in [0, 0.05) is 12.0 Å². The average molecular weight is 544 g/mol. The van der Waals surface area contributed by atoms with E-state index in [0.717, 1.165) is 44.9 Å². The monoisotopic (exact) mass is 543 g/mol. The van der Waals surface area contributed by atoms with Crippen molar-refractivity contribution in [1.29, 1.82) is 0 Å². The van der Waals surface area contributed by atoms with Gasteiger partial charge in [-0.3, -0.25) is 4.79 Å². The highest BCUT2D eigenvalue weighted by Crippen LogP contribution is 2.77. The highest BCUT2D eigenvalue weighted by atomic mass is 16.6. The number of aliphatic carboxylic acids is 1. The van der Waals surface area contributed by atoms with Crippen molar-refractivity contribution in [3.05, 3.63) is 0 Å². The summed E-state index contributed by atoms with van der Waals surface area (Å²) in [7, 11) is 0.